The maximum Gasteiger partial charge on any atom is 0.255 e. The van der Waals surface area contributed by atoms with Gasteiger partial charge < -0.3 is 4.74 Å². The van der Waals surface area contributed by atoms with Gasteiger partial charge in [-0.25, -0.2) is 4.39 Å². The Morgan fingerprint density at radius 3 is 2.71 bits per heavy atom. The molecule has 3 nitrogen and oxygen atoms in total. The molecule has 0 radical (unpaired) electrons. The monoisotopic (exact) mass is 213 g/mol. The van der Waals surface area contributed by atoms with E-state index in [9.17, 15) is 9.18 Å². The van der Waals surface area contributed by atoms with E-state index in [0.29, 0.717) is 0 Å². The third kappa shape index (κ3) is 1.83. The van der Waals surface area contributed by atoms with Crippen LogP contribution in [0.4, 0.5) is 4.39 Å². The van der Waals surface area contributed by atoms with Gasteiger partial charge in [0.25, 0.3) is 5.24 Å². The van der Waals surface area contributed by atoms with Crippen LogP contribution in [0.15, 0.2) is 12.1 Å². The molecule has 0 atom stereocenters. The average Bonchev–Trinajstić information content (AvgIpc) is 2.16. The van der Waals surface area contributed by atoms with Crippen molar-refractivity contribution in [3.8, 4) is 11.8 Å². The molecule has 0 fully saturated rings. The van der Waals surface area contributed by atoms with Gasteiger partial charge in [0.05, 0.1) is 18.2 Å². The predicted octanol–water partition coefficient (Wildman–Crippen LogP) is 2.08. The molecule has 0 spiro atoms. The van der Waals surface area contributed by atoms with Crippen LogP contribution in [0.5, 0.6) is 5.75 Å². The summed E-state index contributed by atoms with van der Waals surface area (Å²) in [5.74, 6) is -0.729. The number of methoxy groups -OCH3 is 1. The second-order valence-corrected chi connectivity index (χ2v) is 2.76. The largest absolute Gasteiger partial charge is 0.495 e. The summed E-state index contributed by atoms with van der Waals surface area (Å²) in [6.07, 6.45) is 0. The molecule has 0 aliphatic heterocycles. The minimum atomic E-state index is -0.943. The standard InChI is InChI=1S/C9H5ClFNO2/c1-14-8-3-7(11)6(9(10)13)2-5(8)4-12/h2-3H,1H3. The first-order valence-corrected chi connectivity index (χ1v) is 3.95. The minimum Gasteiger partial charge on any atom is -0.495 e. The van der Waals surface area contributed by atoms with Gasteiger partial charge in [-0.1, -0.05) is 0 Å². The van der Waals surface area contributed by atoms with Crippen molar-refractivity contribution in [3.05, 3.63) is 29.1 Å². The highest BCUT2D eigenvalue weighted by Gasteiger charge is 2.14. The molecule has 1 aromatic carbocycles. The Bertz CT molecular complexity index is 426. The maximum absolute atomic E-state index is 13.1. The lowest BCUT2D eigenvalue weighted by atomic mass is 10.1. The lowest BCUT2D eigenvalue weighted by Gasteiger charge is -2.04. The molecule has 72 valence electrons. The summed E-state index contributed by atoms with van der Waals surface area (Å²) in [5.41, 5.74) is -0.262. The van der Waals surface area contributed by atoms with Crippen molar-refractivity contribution in [1.82, 2.24) is 0 Å². The van der Waals surface area contributed by atoms with E-state index in [-0.39, 0.29) is 16.9 Å². The molecule has 0 unspecified atom stereocenters. The van der Waals surface area contributed by atoms with Gasteiger partial charge in [-0.15, -0.1) is 0 Å². The first kappa shape index (κ1) is 10.5. The molecule has 0 bridgehead atoms. The van der Waals surface area contributed by atoms with Gasteiger partial charge in [0.15, 0.2) is 0 Å². The smallest absolute Gasteiger partial charge is 0.255 e. The number of nitrogens with zero attached hydrogens (tertiary/aromatic N) is 1. The van der Waals surface area contributed by atoms with Crippen molar-refractivity contribution in [1.29, 1.82) is 5.26 Å². The number of benzene rings is 1. The fourth-order valence-corrected chi connectivity index (χ4v) is 1.11. The van der Waals surface area contributed by atoms with Gasteiger partial charge in [-0.05, 0) is 17.7 Å². The van der Waals surface area contributed by atoms with Crippen molar-refractivity contribution in [2.24, 2.45) is 0 Å². The van der Waals surface area contributed by atoms with Gasteiger partial charge in [0.2, 0.25) is 0 Å². The van der Waals surface area contributed by atoms with Gasteiger partial charge in [0.1, 0.15) is 17.6 Å². The summed E-state index contributed by atoms with van der Waals surface area (Å²) in [6.45, 7) is 0. The lowest BCUT2D eigenvalue weighted by Crippen LogP contribution is -1.98. The Balaban J connectivity index is 3.40. The maximum atomic E-state index is 13.1. The van der Waals surface area contributed by atoms with Crippen LogP contribution >= 0.6 is 11.6 Å². The molecule has 0 N–H and O–H groups in total. The summed E-state index contributed by atoms with van der Waals surface area (Å²) >= 11 is 5.10. The molecule has 1 aromatic rings. The van der Waals surface area contributed by atoms with E-state index in [0.717, 1.165) is 12.1 Å². The number of halogens is 2. The minimum absolute atomic E-state index is 0.0675. The van der Waals surface area contributed by atoms with E-state index in [4.69, 9.17) is 21.6 Å². The normalized spacial score (nSPS) is 9.29. The SMILES string of the molecule is COc1cc(F)c(C(=O)Cl)cc1C#N. The van der Waals surface area contributed by atoms with E-state index in [2.05, 4.69) is 0 Å². The zero-order chi connectivity index (χ0) is 10.7. The van der Waals surface area contributed by atoms with E-state index in [1.165, 1.54) is 7.11 Å². The Labute approximate surface area is 84.7 Å². The number of hydrogen-bond donors (Lipinski definition) is 0. The fourth-order valence-electron chi connectivity index (χ4n) is 0.962. The Morgan fingerprint density at radius 1 is 1.64 bits per heavy atom. The molecule has 0 aromatic heterocycles. The van der Waals surface area contributed by atoms with Crippen LogP contribution in [0.3, 0.4) is 0 Å². The summed E-state index contributed by atoms with van der Waals surface area (Å²) in [6, 6.07) is 3.78. The van der Waals surface area contributed by atoms with E-state index in [1.54, 1.807) is 6.07 Å². The summed E-state index contributed by atoms with van der Waals surface area (Å²) in [7, 11) is 1.30. The quantitative estimate of drug-likeness (QED) is 0.707. The van der Waals surface area contributed by atoms with E-state index in [1.807, 2.05) is 0 Å². The Kier molecular flexibility index (Phi) is 3.05. The summed E-state index contributed by atoms with van der Waals surface area (Å²) < 4.78 is 17.8. The first-order chi connectivity index (χ1) is 6.60. The van der Waals surface area contributed by atoms with Crippen molar-refractivity contribution in [3.63, 3.8) is 0 Å². The molecule has 0 amide bonds. The molecule has 0 aliphatic carbocycles. The third-order valence-corrected chi connectivity index (χ3v) is 1.82. The molecular weight excluding hydrogens is 209 g/mol. The molecule has 0 aliphatic rings. The third-order valence-electron chi connectivity index (χ3n) is 1.62. The van der Waals surface area contributed by atoms with E-state index >= 15 is 0 Å². The topological polar surface area (TPSA) is 50.1 Å². The molecule has 0 heterocycles. The van der Waals surface area contributed by atoms with Crippen LogP contribution in [0.1, 0.15) is 15.9 Å². The van der Waals surface area contributed by atoms with Crippen molar-refractivity contribution in [2.75, 3.05) is 7.11 Å². The number of carbonyl (C=O) groups excluding carboxylic acids is 1. The van der Waals surface area contributed by atoms with Crippen LogP contribution in [0.25, 0.3) is 0 Å². The highest BCUT2D eigenvalue weighted by atomic mass is 35.5. The number of ether oxygens (including phenoxy) is 1. The van der Waals surface area contributed by atoms with Gasteiger partial charge in [0, 0.05) is 6.07 Å². The van der Waals surface area contributed by atoms with Crippen molar-refractivity contribution < 1.29 is 13.9 Å². The molecule has 0 saturated carbocycles. The zero-order valence-electron chi connectivity index (χ0n) is 7.17. The van der Waals surface area contributed by atoms with Gasteiger partial charge in [-0.3, -0.25) is 4.79 Å². The average molecular weight is 214 g/mol. The van der Waals surface area contributed by atoms with Crippen molar-refractivity contribution >= 4 is 16.8 Å². The summed E-state index contributed by atoms with van der Waals surface area (Å²) in [4.78, 5) is 10.7. The van der Waals surface area contributed by atoms with Crippen molar-refractivity contribution in [2.45, 2.75) is 0 Å². The Morgan fingerprint density at radius 2 is 2.29 bits per heavy atom. The predicted molar refractivity (Wildman–Crippen MR) is 47.9 cm³/mol. The highest BCUT2D eigenvalue weighted by Crippen LogP contribution is 2.22. The second kappa shape index (κ2) is 4.07. The molecule has 5 heteroatoms. The highest BCUT2D eigenvalue weighted by molar-refractivity contribution is 6.67. The molecular formula is C9H5ClFNO2. The lowest BCUT2D eigenvalue weighted by molar-refractivity contribution is 0.107. The van der Waals surface area contributed by atoms with Crippen LogP contribution in [-0.4, -0.2) is 12.4 Å². The van der Waals surface area contributed by atoms with Crippen LogP contribution in [-0.2, 0) is 0 Å². The van der Waals surface area contributed by atoms with Gasteiger partial charge in [-0.2, -0.15) is 5.26 Å². The zero-order valence-corrected chi connectivity index (χ0v) is 7.93. The summed E-state index contributed by atoms with van der Waals surface area (Å²) in [5, 5.41) is 7.70. The fraction of sp³-hybridized carbons (Fsp3) is 0.111. The van der Waals surface area contributed by atoms with Crippen LogP contribution < -0.4 is 4.74 Å². The van der Waals surface area contributed by atoms with Crippen LogP contribution in [0, 0.1) is 17.1 Å². The molecule has 1 rings (SSSR count). The van der Waals surface area contributed by atoms with E-state index < -0.39 is 11.1 Å². The number of carbonyl (C=O) groups is 1. The first-order valence-electron chi connectivity index (χ1n) is 3.57. The second-order valence-electron chi connectivity index (χ2n) is 2.42. The van der Waals surface area contributed by atoms with Gasteiger partial charge >= 0.3 is 0 Å². The number of nitriles is 1. The molecule has 14 heavy (non-hydrogen) atoms. The van der Waals surface area contributed by atoms with Crippen LogP contribution in [0.2, 0.25) is 0 Å². The number of hydrogen-bond acceptors (Lipinski definition) is 3. The number of rotatable bonds is 2. The Hall–Kier alpha value is -1.60. The molecule has 0 saturated heterocycles.